The first-order valence-corrected chi connectivity index (χ1v) is 7.14. The van der Waals surface area contributed by atoms with E-state index in [1.807, 2.05) is 4.68 Å². The second kappa shape index (κ2) is 5.39. The Bertz CT molecular complexity index is 373. The summed E-state index contributed by atoms with van der Waals surface area (Å²) < 4.78 is 1.95. The van der Waals surface area contributed by atoms with Crippen LogP contribution in [0.2, 0.25) is 0 Å². The molecule has 1 aromatic rings. The first kappa shape index (κ1) is 13.5. The van der Waals surface area contributed by atoms with Crippen LogP contribution >= 0.6 is 0 Å². The second-order valence-electron chi connectivity index (χ2n) is 6.36. The van der Waals surface area contributed by atoms with Gasteiger partial charge < -0.3 is 5.73 Å². The molecule has 4 nitrogen and oxygen atoms in total. The Hall–Kier alpha value is -0.900. The van der Waals surface area contributed by atoms with Gasteiger partial charge in [0, 0.05) is 19.0 Å². The molecule has 0 radical (unpaired) electrons. The molecule has 0 bridgehead atoms. The Labute approximate surface area is 110 Å². The minimum atomic E-state index is 0.232. The molecule has 4 heteroatoms. The maximum Gasteiger partial charge on any atom is 0.138 e. The van der Waals surface area contributed by atoms with Gasteiger partial charge in [-0.1, -0.05) is 13.8 Å². The van der Waals surface area contributed by atoms with Crippen LogP contribution in [0.4, 0.5) is 0 Å². The van der Waals surface area contributed by atoms with Crippen molar-refractivity contribution in [3.63, 3.8) is 0 Å². The number of nitrogens with zero attached hydrogens (tertiary/aromatic N) is 3. The van der Waals surface area contributed by atoms with Gasteiger partial charge in [-0.15, -0.1) is 0 Å². The average molecular weight is 250 g/mol. The molecule has 0 amide bonds. The number of aryl methyl sites for hydroxylation is 1. The summed E-state index contributed by atoms with van der Waals surface area (Å²) in [5.74, 6) is 1.69. The molecule has 18 heavy (non-hydrogen) atoms. The third-order valence-corrected chi connectivity index (χ3v) is 4.40. The van der Waals surface area contributed by atoms with Crippen LogP contribution in [0.1, 0.15) is 52.3 Å². The van der Waals surface area contributed by atoms with Crippen molar-refractivity contribution >= 4 is 0 Å². The number of hydrogen-bond acceptors (Lipinski definition) is 3. The molecule has 2 N–H and O–H groups in total. The fourth-order valence-electron chi connectivity index (χ4n) is 2.94. The number of aromatic nitrogens is 3. The lowest BCUT2D eigenvalue weighted by molar-refractivity contribution is 0.172. The van der Waals surface area contributed by atoms with Crippen LogP contribution in [0.5, 0.6) is 0 Å². The normalized spacial score (nSPS) is 22.0. The summed E-state index contributed by atoms with van der Waals surface area (Å²) in [5.41, 5.74) is 6.88. The maximum atomic E-state index is 6.37. The zero-order valence-electron chi connectivity index (χ0n) is 11.9. The Morgan fingerprint density at radius 2 is 2.11 bits per heavy atom. The van der Waals surface area contributed by atoms with Crippen molar-refractivity contribution in [2.75, 3.05) is 0 Å². The van der Waals surface area contributed by atoms with Crippen molar-refractivity contribution < 1.29 is 0 Å². The van der Waals surface area contributed by atoms with Crippen LogP contribution < -0.4 is 5.73 Å². The maximum absolute atomic E-state index is 6.37. The van der Waals surface area contributed by atoms with Crippen molar-refractivity contribution in [2.45, 2.75) is 65.5 Å². The monoisotopic (exact) mass is 250 g/mol. The first-order chi connectivity index (χ1) is 8.52. The van der Waals surface area contributed by atoms with E-state index in [1.54, 1.807) is 6.33 Å². The second-order valence-corrected chi connectivity index (χ2v) is 6.36. The third kappa shape index (κ3) is 3.10. The number of hydrogen-bond donors (Lipinski definition) is 1. The highest BCUT2D eigenvalue weighted by Crippen LogP contribution is 2.39. The highest BCUT2D eigenvalue weighted by atomic mass is 15.3. The summed E-state index contributed by atoms with van der Waals surface area (Å²) in [6, 6.07) is 0.232. The van der Waals surface area contributed by atoms with E-state index in [0.717, 1.165) is 18.8 Å². The third-order valence-electron chi connectivity index (χ3n) is 4.40. The van der Waals surface area contributed by atoms with Gasteiger partial charge in [0.05, 0.1) is 0 Å². The van der Waals surface area contributed by atoms with E-state index >= 15 is 0 Å². The van der Waals surface area contributed by atoms with E-state index in [4.69, 9.17) is 5.73 Å². The van der Waals surface area contributed by atoms with E-state index in [-0.39, 0.29) is 6.04 Å². The molecule has 1 unspecified atom stereocenters. The molecule has 0 aromatic carbocycles. The molecule has 1 aliphatic rings. The van der Waals surface area contributed by atoms with E-state index in [2.05, 4.69) is 30.9 Å². The Kier molecular flexibility index (Phi) is 4.05. The predicted octanol–water partition coefficient (Wildman–Crippen LogP) is 2.38. The summed E-state index contributed by atoms with van der Waals surface area (Å²) in [7, 11) is 0. The van der Waals surface area contributed by atoms with E-state index < -0.39 is 0 Å². The Morgan fingerprint density at radius 3 is 2.72 bits per heavy atom. The summed E-state index contributed by atoms with van der Waals surface area (Å²) in [6.07, 6.45) is 7.61. The molecule has 1 atom stereocenters. The van der Waals surface area contributed by atoms with Crippen LogP contribution in [0, 0.1) is 11.3 Å². The molecule has 0 spiro atoms. The van der Waals surface area contributed by atoms with E-state index in [0.29, 0.717) is 11.3 Å². The van der Waals surface area contributed by atoms with Crippen LogP contribution in [0.15, 0.2) is 6.33 Å². The highest BCUT2D eigenvalue weighted by molar-refractivity contribution is 4.93. The van der Waals surface area contributed by atoms with E-state index in [9.17, 15) is 0 Å². The summed E-state index contributed by atoms with van der Waals surface area (Å²) >= 11 is 0. The predicted molar refractivity (Wildman–Crippen MR) is 73.1 cm³/mol. The van der Waals surface area contributed by atoms with Gasteiger partial charge in [0.1, 0.15) is 12.2 Å². The fraction of sp³-hybridized carbons (Fsp3) is 0.857. The van der Waals surface area contributed by atoms with Gasteiger partial charge >= 0.3 is 0 Å². The summed E-state index contributed by atoms with van der Waals surface area (Å²) in [6.45, 7) is 7.69. The zero-order chi connectivity index (χ0) is 13.2. The number of rotatable bonds is 4. The molecule has 0 aliphatic heterocycles. The summed E-state index contributed by atoms with van der Waals surface area (Å²) in [4.78, 5) is 4.32. The lowest BCUT2D eigenvalue weighted by atomic mass is 9.71. The molecule has 102 valence electrons. The van der Waals surface area contributed by atoms with Crippen LogP contribution in [-0.4, -0.2) is 20.8 Å². The van der Waals surface area contributed by atoms with Gasteiger partial charge in [-0.3, -0.25) is 4.68 Å². The van der Waals surface area contributed by atoms with E-state index in [1.165, 1.54) is 25.7 Å². The van der Waals surface area contributed by atoms with Gasteiger partial charge in [-0.05, 0) is 43.9 Å². The summed E-state index contributed by atoms with van der Waals surface area (Å²) in [5, 5.41) is 4.21. The lowest BCUT2D eigenvalue weighted by Gasteiger charge is -2.36. The minimum Gasteiger partial charge on any atom is -0.327 e. The molecule has 1 fully saturated rings. The van der Waals surface area contributed by atoms with Crippen molar-refractivity contribution in [3.8, 4) is 0 Å². The fourth-order valence-corrected chi connectivity index (χ4v) is 2.94. The highest BCUT2D eigenvalue weighted by Gasteiger charge is 2.30. The van der Waals surface area contributed by atoms with Crippen LogP contribution in [0.25, 0.3) is 0 Å². The molecular weight excluding hydrogens is 224 g/mol. The SMILES string of the molecule is CCn1ncnc1CC(N)C1CCC(C)(C)CC1. The Morgan fingerprint density at radius 1 is 1.44 bits per heavy atom. The van der Waals surface area contributed by atoms with Gasteiger partial charge in [0.25, 0.3) is 0 Å². The standard InChI is InChI=1S/C14H26N4/c1-4-18-13(16-10-17-18)9-12(15)11-5-7-14(2,3)8-6-11/h10-12H,4-9,15H2,1-3H3. The Balaban J connectivity index is 1.91. The van der Waals surface area contributed by atoms with Gasteiger partial charge in [-0.2, -0.15) is 5.10 Å². The molecular formula is C14H26N4. The molecule has 1 aliphatic carbocycles. The molecule has 1 saturated carbocycles. The zero-order valence-corrected chi connectivity index (χ0v) is 11.9. The van der Waals surface area contributed by atoms with Gasteiger partial charge in [-0.25, -0.2) is 4.98 Å². The average Bonchev–Trinajstić information content (AvgIpc) is 2.76. The van der Waals surface area contributed by atoms with Gasteiger partial charge in [0.15, 0.2) is 0 Å². The molecule has 2 rings (SSSR count). The molecule has 1 heterocycles. The largest absolute Gasteiger partial charge is 0.327 e. The number of nitrogens with two attached hydrogens (primary N) is 1. The van der Waals surface area contributed by atoms with Gasteiger partial charge in [0.2, 0.25) is 0 Å². The minimum absolute atomic E-state index is 0.232. The van der Waals surface area contributed by atoms with Crippen molar-refractivity contribution in [1.29, 1.82) is 0 Å². The van der Waals surface area contributed by atoms with Crippen molar-refractivity contribution in [2.24, 2.45) is 17.1 Å². The topological polar surface area (TPSA) is 56.7 Å². The molecule has 0 saturated heterocycles. The van der Waals surface area contributed by atoms with Crippen molar-refractivity contribution in [3.05, 3.63) is 12.2 Å². The van der Waals surface area contributed by atoms with Crippen molar-refractivity contribution in [1.82, 2.24) is 14.8 Å². The lowest BCUT2D eigenvalue weighted by Crippen LogP contribution is -2.37. The molecule has 1 aromatic heterocycles. The van der Waals surface area contributed by atoms with Crippen LogP contribution in [-0.2, 0) is 13.0 Å². The smallest absolute Gasteiger partial charge is 0.138 e. The van der Waals surface area contributed by atoms with Crippen LogP contribution in [0.3, 0.4) is 0 Å². The first-order valence-electron chi connectivity index (χ1n) is 7.14. The quantitative estimate of drug-likeness (QED) is 0.892.